The number of phosphoric acid groups is 1. The first-order valence-electron chi connectivity index (χ1n) is 8.38. The molecule has 0 heterocycles. The van der Waals surface area contributed by atoms with Gasteiger partial charge >= 0.3 is 162 Å². The molecule has 0 bridgehead atoms. The van der Waals surface area contributed by atoms with Crippen molar-refractivity contribution in [3.63, 3.8) is 0 Å². The van der Waals surface area contributed by atoms with Gasteiger partial charge in [-0.3, -0.25) is 0 Å². The molecule has 0 aliphatic heterocycles. The Balaban J connectivity index is -0.000000147. The van der Waals surface area contributed by atoms with Gasteiger partial charge in [0.15, 0.2) is 0 Å². The molecule has 0 fully saturated rings. The quantitative estimate of drug-likeness (QED) is 0.117. The van der Waals surface area contributed by atoms with E-state index in [0.717, 1.165) is 13.0 Å². The maximum absolute atomic E-state index is 8.88. The molecule has 0 amide bonds. The van der Waals surface area contributed by atoms with E-state index < -0.39 is 7.82 Å². The summed E-state index contributed by atoms with van der Waals surface area (Å²) in [4.78, 5) is 21.6. The predicted octanol–water partition coefficient (Wildman–Crippen LogP) is -5.61. The second-order valence-electron chi connectivity index (χ2n) is 5.38. The zero-order chi connectivity index (χ0) is 17.1. The summed E-state index contributed by atoms with van der Waals surface area (Å²) in [5.74, 6) is 0. The van der Waals surface area contributed by atoms with Crippen molar-refractivity contribution in [2.45, 2.75) is 77.6 Å². The summed E-state index contributed by atoms with van der Waals surface area (Å²) in [6.07, 6.45) is 15.0. The van der Waals surface area contributed by atoms with Gasteiger partial charge in [-0.1, -0.05) is 71.1 Å². The van der Waals surface area contributed by atoms with Crippen molar-refractivity contribution >= 4 is 7.82 Å². The summed E-state index contributed by atoms with van der Waals surface area (Å²) in [5.41, 5.74) is 0. The molecule has 0 aliphatic rings. The summed E-state index contributed by atoms with van der Waals surface area (Å²) in [6, 6.07) is 0. The average molecular weight is 460 g/mol. The molecule has 0 aromatic rings. The Labute approximate surface area is 281 Å². The van der Waals surface area contributed by atoms with E-state index in [9.17, 15) is 0 Å². The molecule has 4 N–H and O–H groups in total. The van der Waals surface area contributed by atoms with E-state index in [1.54, 1.807) is 0 Å². The molecule has 6 nitrogen and oxygen atoms in total. The van der Waals surface area contributed by atoms with E-state index in [-0.39, 0.29) is 161 Å². The number of hydrogen-bond acceptors (Lipinski definition) is 3. The fraction of sp³-hybridized carbons (Fsp3) is 1.00. The van der Waals surface area contributed by atoms with Gasteiger partial charge in [0, 0.05) is 6.61 Å². The summed E-state index contributed by atoms with van der Waals surface area (Å²) in [7, 11) is -4.64. The zero-order valence-corrected chi connectivity index (χ0v) is 27.2. The van der Waals surface area contributed by atoms with E-state index in [1.165, 1.54) is 64.2 Å². The standard InChI is InChI=1S/C15H32O2.3K.H3O4P/c1-2-3-4-5-6-7-8-9-10-11-12-14-17-15-13-16;;;;1-5(2,3)4/h16H,2-15H2,1H3;;;;(H3,1,2,3,4)/q;3*+1;. The van der Waals surface area contributed by atoms with Gasteiger partial charge in [0.25, 0.3) is 0 Å². The predicted molar refractivity (Wildman–Crippen MR) is 88.6 cm³/mol. The van der Waals surface area contributed by atoms with Crippen LogP contribution < -0.4 is 154 Å². The Kier molecular flexibility index (Phi) is 54.1. The third-order valence-corrected chi connectivity index (χ3v) is 3.13. The number of unbranched alkanes of at least 4 members (excludes halogenated alkanes) is 10. The first-order valence-corrected chi connectivity index (χ1v) is 9.95. The van der Waals surface area contributed by atoms with Crippen molar-refractivity contribution in [3.05, 3.63) is 0 Å². The SMILES string of the molecule is CCCCCCCCCCCCCOCCO.O=P(O)(O)O.[K+].[K+].[K+]. The van der Waals surface area contributed by atoms with Gasteiger partial charge in [0.2, 0.25) is 0 Å². The van der Waals surface area contributed by atoms with Crippen LogP contribution in [-0.2, 0) is 9.30 Å². The normalized spacial score (nSPS) is 9.80. The van der Waals surface area contributed by atoms with Crippen LogP contribution in [0.3, 0.4) is 0 Å². The van der Waals surface area contributed by atoms with Crippen LogP contribution in [-0.4, -0.2) is 39.6 Å². The van der Waals surface area contributed by atoms with Gasteiger partial charge in [-0.15, -0.1) is 0 Å². The molecule has 0 spiro atoms. The molecule has 0 saturated carbocycles. The molecule has 25 heavy (non-hydrogen) atoms. The van der Waals surface area contributed by atoms with Gasteiger partial charge in [-0.25, -0.2) is 4.57 Å². The molecule has 136 valence electrons. The maximum atomic E-state index is 8.88. The minimum atomic E-state index is -4.64. The molecule has 0 radical (unpaired) electrons. The summed E-state index contributed by atoms with van der Waals surface area (Å²) in [6.45, 7) is 3.73. The largest absolute Gasteiger partial charge is 1.00 e. The first-order chi connectivity index (χ1) is 10.4. The van der Waals surface area contributed by atoms with Crippen LogP contribution >= 0.6 is 7.82 Å². The van der Waals surface area contributed by atoms with Crippen molar-refractivity contribution in [1.29, 1.82) is 0 Å². The van der Waals surface area contributed by atoms with Crippen molar-refractivity contribution < 1.29 is 183 Å². The van der Waals surface area contributed by atoms with Gasteiger partial charge in [0.1, 0.15) is 0 Å². The Morgan fingerprint density at radius 1 is 0.680 bits per heavy atom. The molecule has 0 aliphatic carbocycles. The number of ether oxygens (including phenoxy) is 1. The van der Waals surface area contributed by atoms with E-state index >= 15 is 0 Å². The third kappa shape index (κ3) is 58.6. The number of hydrogen-bond donors (Lipinski definition) is 4. The smallest absolute Gasteiger partial charge is 0.394 e. The summed E-state index contributed by atoms with van der Waals surface area (Å²) >= 11 is 0. The third-order valence-electron chi connectivity index (χ3n) is 3.13. The van der Waals surface area contributed by atoms with E-state index in [4.69, 9.17) is 29.1 Å². The minimum absolute atomic E-state index is 0. The fourth-order valence-electron chi connectivity index (χ4n) is 2.03. The molecule has 0 saturated heterocycles. The molecule has 0 atom stereocenters. The Morgan fingerprint density at radius 3 is 1.32 bits per heavy atom. The van der Waals surface area contributed by atoms with Crippen LogP contribution in [0.2, 0.25) is 0 Å². The van der Waals surface area contributed by atoms with Crippen molar-refractivity contribution in [2.24, 2.45) is 0 Å². The van der Waals surface area contributed by atoms with Gasteiger partial charge < -0.3 is 24.5 Å². The monoisotopic (exact) mass is 459 g/mol. The number of aliphatic hydroxyl groups is 1. The topological polar surface area (TPSA) is 107 Å². The summed E-state index contributed by atoms with van der Waals surface area (Å²) in [5, 5.41) is 8.52. The number of aliphatic hydroxyl groups excluding tert-OH is 1. The van der Waals surface area contributed by atoms with Crippen LogP contribution in [0.25, 0.3) is 0 Å². The van der Waals surface area contributed by atoms with Crippen LogP contribution in [0.1, 0.15) is 77.6 Å². The van der Waals surface area contributed by atoms with Crippen molar-refractivity contribution in [3.8, 4) is 0 Å². The van der Waals surface area contributed by atoms with E-state index in [0.29, 0.717) is 6.61 Å². The van der Waals surface area contributed by atoms with E-state index in [1.807, 2.05) is 0 Å². The molecule has 10 heteroatoms. The minimum Gasteiger partial charge on any atom is -0.394 e. The molecular weight excluding hydrogens is 424 g/mol. The van der Waals surface area contributed by atoms with Crippen molar-refractivity contribution in [1.82, 2.24) is 0 Å². The molecule has 0 aromatic heterocycles. The molecular formula is C15H35K3O6P+3. The number of rotatable bonds is 14. The van der Waals surface area contributed by atoms with Crippen LogP contribution in [0, 0.1) is 0 Å². The Hall–Kier alpha value is 4.94. The van der Waals surface area contributed by atoms with E-state index in [2.05, 4.69) is 6.92 Å². The fourth-order valence-corrected chi connectivity index (χ4v) is 2.03. The van der Waals surface area contributed by atoms with Gasteiger partial charge in [-0.2, -0.15) is 0 Å². The maximum Gasteiger partial charge on any atom is 1.00 e. The molecule has 0 aromatic carbocycles. The van der Waals surface area contributed by atoms with Gasteiger partial charge in [-0.05, 0) is 6.42 Å². The zero-order valence-electron chi connectivity index (χ0n) is 17.0. The van der Waals surface area contributed by atoms with Crippen molar-refractivity contribution in [2.75, 3.05) is 19.8 Å². The average Bonchev–Trinajstić information content (AvgIpc) is 2.42. The molecule has 0 unspecified atom stereocenters. The van der Waals surface area contributed by atoms with Crippen LogP contribution in [0.15, 0.2) is 0 Å². The Morgan fingerprint density at radius 2 is 1.00 bits per heavy atom. The van der Waals surface area contributed by atoms with Gasteiger partial charge in [0.05, 0.1) is 13.2 Å². The molecule has 0 rings (SSSR count). The Bertz CT molecular complexity index is 235. The van der Waals surface area contributed by atoms with Crippen LogP contribution in [0.5, 0.6) is 0 Å². The first kappa shape index (κ1) is 40.3. The second kappa shape index (κ2) is 33.6. The summed E-state index contributed by atoms with van der Waals surface area (Å²) < 4.78 is 14.1. The second-order valence-corrected chi connectivity index (χ2v) is 6.41. The van der Waals surface area contributed by atoms with Crippen LogP contribution in [0.4, 0.5) is 0 Å².